The monoisotopic (exact) mass is 322 g/mol. The summed E-state index contributed by atoms with van der Waals surface area (Å²) in [6.07, 6.45) is 1.57. The highest BCUT2D eigenvalue weighted by molar-refractivity contribution is 5.93. The van der Waals surface area contributed by atoms with Crippen LogP contribution in [0.4, 0.5) is 0 Å². The SMILES string of the molecule is Cc1ccc(C(=O)N(Cc2ccccc2)Cc2ccco2)c(=O)[nH]1. The average molecular weight is 322 g/mol. The Hall–Kier alpha value is -3.08. The van der Waals surface area contributed by atoms with E-state index in [2.05, 4.69) is 4.98 Å². The van der Waals surface area contributed by atoms with Crippen LogP contribution in [0.1, 0.15) is 27.4 Å². The third-order valence-corrected chi connectivity index (χ3v) is 3.72. The predicted molar refractivity (Wildman–Crippen MR) is 90.5 cm³/mol. The molecule has 0 saturated carbocycles. The summed E-state index contributed by atoms with van der Waals surface area (Å²) in [5.74, 6) is 0.347. The Bertz CT molecular complexity index is 867. The van der Waals surface area contributed by atoms with Gasteiger partial charge in [0.15, 0.2) is 0 Å². The molecule has 0 aliphatic rings. The van der Waals surface area contributed by atoms with Crippen LogP contribution in [-0.2, 0) is 13.1 Å². The minimum Gasteiger partial charge on any atom is -0.467 e. The molecule has 0 aliphatic heterocycles. The number of nitrogens with one attached hydrogen (secondary N) is 1. The highest BCUT2D eigenvalue weighted by atomic mass is 16.3. The van der Waals surface area contributed by atoms with Crippen molar-refractivity contribution in [2.75, 3.05) is 0 Å². The molecule has 1 aromatic carbocycles. The van der Waals surface area contributed by atoms with Gasteiger partial charge in [-0.05, 0) is 36.8 Å². The van der Waals surface area contributed by atoms with Crippen molar-refractivity contribution in [2.45, 2.75) is 20.0 Å². The van der Waals surface area contributed by atoms with Crippen LogP contribution in [0.15, 0.2) is 70.1 Å². The minimum absolute atomic E-state index is 0.128. The van der Waals surface area contributed by atoms with E-state index in [1.807, 2.05) is 36.4 Å². The van der Waals surface area contributed by atoms with Gasteiger partial charge < -0.3 is 14.3 Å². The number of aryl methyl sites for hydroxylation is 1. The molecule has 0 aliphatic carbocycles. The van der Waals surface area contributed by atoms with Gasteiger partial charge in [-0.1, -0.05) is 30.3 Å². The lowest BCUT2D eigenvalue weighted by Gasteiger charge is -2.21. The van der Waals surface area contributed by atoms with Gasteiger partial charge in [0, 0.05) is 12.2 Å². The van der Waals surface area contributed by atoms with Crippen molar-refractivity contribution in [3.8, 4) is 0 Å². The molecule has 0 spiro atoms. The van der Waals surface area contributed by atoms with E-state index in [0.29, 0.717) is 18.8 Å². The van der Waals surface area contributed by atoms with Crippen molar-refractivity contribution < 1.29 is 9.21 Å². The molecule has 0 bridgehead atoms. The van der Waals surface area contributed by atoms with Crippen molar-refractivity contribution in [3.63, 3.8) is 0 Å². The van der Waals surface area contributed by atoms with Gasteiger partial charge in [0.05, 0.1) is 12.8 Å². The number of aromatic nitrogens is 1. The lowest BCUT2D eigenvalue weighted by atomic mass is 10.1. The van der Waals surface area contributed by atoms with Crippen LogP contribution in [-0.4, -0.2) is 15.8 Å². The van der Waals surface area contributed by atoms with Gasteiger partial charge in [0.25, 0.3) is 11.5 Å². The van der Waals surface area contributed by atoms with E-state index in [1.165, 1.54) is 0 Å². The number of hydrogen-bond acceptors (Lipinski definition) is 3. The number of carbonyl (C=O) groups is 1. The third kappa shape index (κ3) is 3.63. The Balaban J connectivity index is 1.90. The van der Waals surface area contributed by atoms with Crippen molar-refractivity contribution in [1.82, 2.24) is 9.88 Å². The first-order valence-corrected chi connectivity index (χ1v) is 7.69. The van der Waals surface area contributed by atoms with E-state index in [9.17, 15) is 9.59 Å². The molecule has 0 unspecified atom stereocenters. The number of benzene rings is 1. The smallest absolute Gasteiger partial charge is 0.260 e. The molecule has 2 aromatic heterocycles. The van der Waals surface area contributed by atoms with Crippen LogP contribution in [0, 0.1) is 6.92 Å². The summed E-state index contributed by atoms with van der Waals surface area (Å²) in [6, 6.07) is 16.5. The van der Waals surface area contributed by atoms with E-state index >= 15 is 0 Å². The Morgan fingerprint density at radius 3 is 2.50 bits per heavy atom. The van der Waals surface area contributed by atoms with E-state index in [1.54, 1.807) is 36.3 Å². The van der Waals surface area contributed by atoms with Crippen LogP contribution in [0.25, 0.3) is 0 Å². The first kappa shape index (κ1) is 15.8. The van der Waals surface area contributed by atoms with Gasteiger partial charge in [-0.2, -0.15) is 0 Å². The number of pyridine rings is 1. The molecule has 3 aromatic rings. The Labute approximate surface area is 139 Å². The van der Waals surface area contributed by atoms with E-state index in [-0.39, 0.29) is 17.0 Å². The average Bonchev–Trinajstić information content (AvgIpc) is 3.08. The van der Waals surface area contributed by atoms with Gasteiger partial charge in [-0.25, -0.2) is 0 Å². The third-order valence-electron chi connectivity index (χ3n) is 3.72. The molecule has 1 N–H and O–H groups in total. The summed E-state index contributed by atoms with van der Waals surface area (Å²) in [7, 11) is 0. The van der Waals surface area contributed by atoms with Gasteiger partial charge >= 0.3 is 0 Å². The summed E-state index contributed by atoms with van der Waals surface area (Å²) in [5.41, 5.74) is 1.46. The molecule has 0 fully saturated rings. The van der Waals surface area contributed by atoms with Crippen LogP contribution in [0.3, 0.4) is 0 Å². The molecule has 0 atom stereocenters. The maximum Gasteiger partial charge on any atom is 0.260 e. The number of amides is 1. The fourth-order valence-electron chi connectivity index (χ4n) is 2.50. The van der Waals surface area contributed by atoms with E-state index in [0.717, 1.165) is 11.3 Å². The van der Waals surface area contributed by atoms with Gasteiger partial charge in [0.2, 0.25) is 0 Å². The lowest BCUT2D eigenvalue weighted by Crippen LogP contribution is -2.34. The zero-order valence-corrected chi connectivity index (χ0v) is 13.4. The number of aromatic amines is 1. The number of hydrogen-bond donors (Lipinski definition) is 1. The van der Waals surface area contributed by atoms with E-state index in [4.69, 9.17) is 4.42 Å². The predicted octanol–water partition coefficient (Wildman–Crippen LogP) is 3.12. The van der Waals surface area contributed by atoms with Gasteiger partial charge in [-0.15, -0.1) is 0 Å². The summed E-state index contributed by atoms with van der Waals surface area (Å²) in [6.45, 7) is 2.47. The number of rotatable bonds is 5. The standard InChI is InChI=1S/C19H18N2O3/c1-14-9-10-17(18(22)20-14)19(23)21(13-16-8-5-11-24-16)12-15-6-3-2-4-7-15/h2-11H,12-13H2,1H3,(H,20,22). The molecule has 3 rings (SSSR count). The second kappa shape index (κ2) is 7.00. The van der Waals surface area contributed by atoms with Crippen LogP contribution in [0.2, 0.25) is 0 Å². The van der Waals surface area contributed by atoms with E-state index < -0.39 is 0 Å². The van der Waals surface area contributed by atoms with Crippen LogP contribution in [0.5, 0.6) is 0 Å². The Kier molecular flexibility index (Phi) is 4.61. The van der Waals surface area contributed by atoms with Crippen molar-refractivity contribution >= 4 is 5.91 Å². The highest BCUT2D eigenvalue weighted by Crippen LogP contribution is 2.13. The molecule has 2 heterocycles. The lowest BCUT2D eigenvalue weighted by molar-refractivity contribution is 0.0716. The molecular formula is C19H18N2O3. The molecule has 5 nitrogen and oxygen atoms in total. The van der Waals surface area contributed by atoms with Crippen molar-refractivity contribution in [3.05, 3.63) is 93.8 Å². The molecule has 5 heteroatoms. The minimum atomic E-state index is -0.377. The summed E-state index contributed by atoms with van der Waals surface area (Å²) >= 11 is 0. The highest BCUT2D eigenvalue weighted by Gasteiger charge is 2.20. The van der Waals surface area contributed by atoms with Crippen LogP contribution < -0.4 is 5.56 Å². The molecule has 0 radical (unpaired) electrons. The number of carbonyl (C=O) groups excluding carboxylic acids is 1. The maximum atomic E-state index is 12.9. The largest absolute Gasteiger partial charge is 0.467 e. The summed E-state index contributed by atoms with van der Waals surface area (Å²) < 4.78 is 5.36. The molecular weight excluding hydrogens is 304 g/mol. The first-order chi connectivity index (χ1) is 11.6. The first-order valence-electron chi connectivity index (χ1n) is 7.69. The van der Waals surface area contributed by atoms with Crippen LogP contribution >= 0.6 is 0 Å². The van der Waals surface area contributed by atoms with Crippen molar-refractivity contribution in [2.24, 2.45) is 0 Å². The Morgan fingerprint density at radius 2 is 1.83 bits per heavy atom. The number of furan rings is 1. The Morgan fingerprint density at radius 1 is 1.04 bits per heavy atom. The van der Waals surface area contributed by atoms with Gasteiger partial charge in [-0.3, -0.25) is 9.59 Å². The quantitative estimate of drug-likeness (QED) is 0.785. The second-order valence-electron chi connectivity index (χ2n) is 5.61. The maximum absolute atomic E-state index is 12.9. The normalized spacial score (nSPS) is 10.5. The molecule has 122 valence electrons. The number of H-pyrrole nitrogens is 1. The second-order valence-corrected chi connectivity index (χ2v) is 5.61. The molecule has 0 saturated heterocycles. The fourth-order valence-corrected chi connectivity index (χ4v) is 2.50. The van der Waals surface area contributed by atoms with Crippen molar-refractivity contribution in [1.29, 1.82) is 0 Å². The zero-order chi connectivity index (χ0) is 16.9. The summed E-state index contributed by atoms with van der Waals surface area (Å²) in [4.78, 5) is 29.3. The molecule has 1 amide bonds. The number of nitrogens with zero attached hydrogens (tertiary/aromatic N) is 1. The fraction of sp³-hybridized carbons (Fsp3) is 0.158. The van der Waals surface area contributed by atoms with Gasteiger partial charge in [0.1, 0.15) is 11.3 Å². The topological polar surface area (TPSA) is 66.3 Å². The summed E-state index contributed by atoms with van der Waals surface area (Å²) in [5, 5.41) is 0. The molecule has 24 heavy (non-hydrogen) atoms. The zero-order valence-electron chi connectivity index (χ0n) is 13.4.